The molecule has 1 unspecified atom stereocenters. The van der Waals surface area contributed by atoms with Gasteiger partial charge in [-0.25, -0.2) is 0 Å². The normalized spacial score (nSPS) is 12.2. The van der Waals surface area contributed by atoms with Crippen molar-refractivity contribution in [3.05, 3.63) is 66.2 Å². The number of anilines is 1. The Labute approximate surface area is 152 Å². The molecule has 2 aromatic carbocycles. The Bertz CT molecular complexity index is 627. The van der Waals surface area contributed by atoms with Crippen LogP contribution in [0.15, 0.2) is 60.7 Å². The van der Waals surface area contributed by atoms with Gasteiger partial charge in [-0.3, -0.25) is 4.79 Å². The van der Waals surface area contributed by atoms with Gasteiger partial charge < -0.3 is 9.80 Å². The first-order valence-corrected chi connectivity index (χ1v) is 9.18. The average Bonchev–Trinajstić information content (AvgIpc) is 2.65. The molecule has 0 N–H and O–H groups in total. The number of hydrogen-bond acceptors (Lipinski definition) is 2. The summed E-state index contributed by atoms with van der Waals surface area (Å²) >= 11 is 0. The number of carbonyl (C=O) groups is 1. The van der Waals surface area contributed by atoms with E-state index in [-0.39, 0.29) is 5.91 Å². The molecule has 0 saturated carbocycles. The van der Waals surface area contributed by atoms with Gasteiger partial charge >= 0.3 is 0 Å². The van der Waals surface area contributed by atoms with E-state index in [2.05, 4.69) is 49.2 Å². The Morgan fingerprint density at radius 2 is 1.56 bits per heavy atom. The molecule has 0 aliphatic rings. The molecule has 1 amide bonds. The monoisotopic (exact) mass is 338 g/mol. The van der Waals surface area contributed by atoms with Crippen LogP contribution in [0.25, 0.3) is 0 Å². The van der Waals surface area contributed by atoms with Crippen molar-refractivity contribution in [2.24, 2.45) is 5.92 Å². The maximum absolute atomic E-state index is 12.4. The molecule has 134 valence electrons. The quantitative estimate of drug-likeness (QED) is 0.683. The van der Waals surface area contributed by atoms with Crippen molar-refractivity contribution in [2.45, 2.75) is 26.7 Å². The van der Waals surface area contributed by atoms with Crippen LogP contribution in [0.5, 0.6) is 0 Å². The highest BCUT2D eigenvalue weighted by Gasteiger charge is 2.17. The summed E-state index contributed by atoms with van der Waals surface area (Å²) in [7, 11) is 2.16. The molecule has 3 nitrogen and oxygen atoms in total. The van der Waals surface area contributed by atoms with Gasteiger partial charge in [-0.15, -0.1) is 0 Å². The van der Waals surface area contributed by atoms with Crippen molar-refractivity contribution in [1.29, 1.82) is 0 Å². The smallest absolute Gasteiger partial charge is 0.226 e. The van der Waals surface area contributed by atoms with Gasteiger partial charge in [0.2, 0.25) is 5.91 Å². The molecular formula is C22H30N2O. The zero-order valence-electron chi connectivity index (χ0n) is 15.7. The predicted molar refractivity (Wildman–Crippen MR) is 106 cm³/mol. The van der Waals surface area contributed by atoms with E-state index < -0.39 is 0 Å². The molecule has 2 rings (SSSR count). The molecule has 0 aliphatic carbocycles. The fourth-order valence-corrected chi connectivity index (χ4v) is 3.11. The number of para-hydroxylation sites is 1. The zero-order valence-corrected chi connectivity index (χ0v) is 15.7. The molecular weight excluding hydrogens is 308 g/mol. The van der Waals surface area contributed by atoms with Gasteiger partial charge in [0.1, 0.15) is 0 Å². The number of hydrogen-bond donors (Lipinski definition) is 0. The molecule has 1 atom stereocenters. The third kappa shape index (κ3) is 6.35. The minimum absolute atomic E-state index is 0.185. The summed E-state index contributed by atoms with van der Waals surface area (Å²) in [5, 5.41) is 0. The van der Waals surface area contributed by atoms with Crippen LogP contribution in [0.3, 0.4) is 0 Å². The Hall–Kier alpha value is -2.13. The minimum atomic E-state index is 0.185. The van der Waals surface area contributed by atoms with Crippen molar-refractivity contribution < 1.29 is 4.79 Å². The Morgan fingerprint density at radius 1 is 0.960 bits per heavy atom. The highest BCUT2D eigenvalue weighted by atomic mass is 16.2. The van der Waals surface area contributed by atoms with E-state index in [0.29, 0.717) is 12.3 Å². The van der Waals surface area contributed by atoms with Gasteiger partial charge in [-0.1, -0.05) is 62.4 Å². The Balaban J connectivity index is 1.87. The summed E-state index contributed by atoms with van der Waals surface area (Å²) in [6.07, 6.45) is 1.59. The summed E-state index contributed by atoms with van der Waals surface area (Å²) in [6.45, 7) is 6.91. The molecule has 0 bridgehead atoms. The highest BCUT2D eigenvalue weighted by molar-refractivity contribution is 5.93. The second-order valence-corrected chi connectivity index (χ2v) is 6.80. The van der Waals surface area contributed by atoms with Crippen LogP contribution in [0.4, 0.5) is 5.69 Å². The molecule has 0 saturated heterocycles. The van der Waals surface area contributed by atoms with Gasteiger partial charge in [-0.2, -0.15) is 0 Å². The van der Waals surface area contributed by atoms with E-state index >= 15 is 0 Å². The largest absolute Gasteiger partial charge is 0.312 e. The predicted octanol–water partition coefficient (Wildman–Crippen LogP) is 4.24. The third-order valence-corrected chi connectivity index (χ3v) is 4.41. The van der Waals surface area contributed by atoms with Gasteiger partial charge in [-0.05, 0) is 37.1 Å². The van der Waals surface area contributed by atoms with E-state index in [9.17, 15) is 4.79 Å². The standard InChI is InChI=1S/C22H30N2O/c1-4-22(25)24(21-13-9-6-10-14-21)18-19(2)17-23(3)16-15-20-11-7-5-8-12-20/h5-14,19H,4,15-18H2,1-3H3. The van der Waals surface area contributed by atoms with E-state index in [0.717, 1.165) is 31.7 Å². The highest BCUT2D eigenvalue weighted by Crippen LogP contribution is 2.17. The Kier molecular flexibility index (Phi) is 7.68. The lowest BCUT2D eigenvalue weighted by Gasteiger charge is -2.28. The first-order chi connectivity index (χ1) is 12.1. The number of nitrogens with zero attached hydrogens (tertiary/aromatic N) is 2. The second kappa shape index (κ2) is 10.00. The molecule has 0 heterocycles. The molecule has 0 aromatic heterocycles. The maximum Gasteiger partial charge on any atom is 0.226 e. The van der Waals surface area contributed by atoms with Crippen molar-refractivity contribution in [1.82, 2.24) is 4.90 Å². The van der Waals surface area contributed by atoms with E-state index in [1.807, 2.05) is 42.2 Å². The lowest BCUT2D eigenvalue weighted by atomic mass is 10.1. The third-order valence-electron chi connectivity index (χ3n) is 4.41. The molecule has 0 aliphatic heterocycles. The second-order valence-electron chi connectivity index (χ2n) is 6.80. The van der Waals surface area contributed by atoms with Crippen LogP contribution in [0, 0.1) is 5.92 Å². The topological polar surface area (TPSA) is 23.6 Å². The lowest BCUT2D eigenvalue weighted by Crippen LogP contribution is -2.38. The summed E-state index contributed by atoms with van der Waals surface area (Å²) in [5.41, 5.74) is 2.36. The number of likely N-dealkylation sites (N-methyl/N-ethyl adjacent to an activating group) is 1. The zero-order chi connectivity index (χ0) is 18.1. The van der Waals surface area contributed by atoms with Gasteiger partial charge in [0.25, 0.3) is 0 Å². The summed E-state index contributed by atoms with van der Waals surface area (Å²) in [5.74, 6) is 0.599. The number of benzene rings is 2. The molecule has 0 fully saturated rings. The van der Waals surface area contributed by atoms with E-state index in [4.69, 9.17) is 0 Å². The van der Waals surface area contributed by atoms with Gasteiger partial charge in [0, 0.05) is 31.7 Å². The van der Waals surface area contributed by atoms with Crippen LogP contribution in [0.1, 0.15) is 25.8 Å². The fourth-order valence-electron chi connectivity index (χ4n) is 3.11. The lowest BCUT2D eigenvalue weighted by molar-refractivity contribution is -0.118. The first-order valence-electron chi connectivity index (χ1n) is 9.18. The van der Waals surface area contributed by atoms with Crippen molar-refractivity contribution in [3.63, 3.8) is 0 Å². The number of rotatable bonds is 9. The van der Waals surface area contributed by atoms with Crippen molar-refractivity contribution in [3.8, 4) is 0 Å². The summed E-state index contributed by atoms with van der Waals surface area (Å²) < 4.78 is 0. The molecule has 0 radical (unpaired) electrons. The average molecular weight is 338 g/mol. The van der Waals surface area contributed by atoms with Gasteiger partial charge in [0.05, 0.1) is 0 Å². The van der Waals surface area contributed by atoms with Crippen LogP contribution in [-0.2, 0) is 11.2 Å². The summed E-state index contributed by atoms with van der Waals surface area (Å²) in [6, 6.07) is 20.6. The molecule has 3 heteroatoms. The van der Waals surface area contributed by atoms with Crippen molar-refractivity contribution in [2.75, 3.05) is 31.6 Å². The van der Waals surface area contributed by atoms with Crippen LogP contribution < -0.4 is 4.90 Å². The van der Waals surface area contributed by atoms with Crippen LogP contribution in [-0.4, -0.2) is 37.5 Å². The molecule has 2 aromatic rings. The summed E-state index contributed by atoms with van der Waals surface area (Å²) in [4.78, 5) is 16.6. The van der Waals surface area contributed by atoms with Crippen LogP contribution in [0.2, 0.25) is 0 Å². The van der Waals surface area contributed by atoms with Crippen LogP contribution >= 0.6 is 0 Å². The maximum atomic E-state index is 12.4. The molecule has 25 heavy (non-hydrogen) atoms. The Morgan fingerprint density at radius 3 is 2.16 bits per heavy atom. The van der Waals surface area contributed by atoms with Crippen molar-refractivity contribution >= 4 is 11.6 Å². The van der Waals surface area contributed by atoms with E-state index in [1.54, 1.807) is 0 Å². The first kappa shape index (κ1) is 19.2. The minimum Gasteiger partial charge on any atom is -0.312 e. The SMILES string of the molecule is CCC(=O)N(CC(C)CN(C)CCc1ccccc1)c1ccccc1. The van der Waals surface area contributed by atoms with Gasteiger partial charge in [0.15, 0.2) is 0 Å². The molecule has 0 spiro atoms. The van der Waals surface area contributed by atoms with E-state index in [1.165, 1.54) is 5.56 Å². The fraction of sp³-hybridized carbons (Fsp3) is 0.409. The number of amides is 1. The number of carbonyl (C=O) groups excluding carboxylic acids is 1.